The lowest BCUT2D eigenvalue weighted by atomic mass is 10.0. The first-order valence-corrected chi connectivity index (χ1v) is 8.90. The van der Waals surface area contributed by atoms with Crippen molar-refractivity contribution < 1.29 is 13.9 Å². The minimum atomic E-state index is -0.116. The molecule has 3 aromatic rings. The number of rotatable bonds is 5. The van der Waals surface area contributed by atoms with E-state index in [9.17, 15) is 4.79 Å². The van der Waals surface area contributed by atoms with Crippen LogP contribution in [0.3, 0.4) is 0 Å². The van der Waals surface area contributed by atoms with Crippen molar-refractivity contribution in [3.8, 4) is 11.1 Å². The summed E-state index contributed by atoms with van der Waals surface area (Å²) in [5.41, 5.74) is 3.16. The van der Waals surface area contributed by atoms with Crippen LogP contribution in [0, 0.1) is 5.92 Å². The minimum Gasteiger partial charge on any atom is -0.459 e. The molecule has 0 saturated carbocycles. The van der Waals surface area contributed by atoms with Crippen molar-refractivity contribution in [3.63, 3.8) is 0 Å². The molecule has 1 aromatic heterocycles. The number of hydrogen-bond donors (Lipinski definition) is 0. The highest BCUT2D eigenvalue weighted by atomic mass is 16.5. The maximum atomic E-state index is 12.9. The van der Waals surface area contributed by atoms with Crippen LogP contribution in [0.2, 0.25) is 0 Å². The van der Waals surface area contributed by atoms with Gasteiger partial charge in [0.2, 0.25) is 0 Å². The second-order valence-corrected chi connectivity index (χ2v) is 6.54. The second kappa shape index (κ2) is 7.58. The average Bonchev–Trinajstić information content (AvgIpc) is 3.40. The van der Waals surface area contributed by atoms with E-state index in [0.29, 0.717) is 24.8 Å². The number of furan rings is 1. The van der Waals surface area contributed by atoms with E-state index in [-0.39, 0.29) is 5.91 Å². The minimum absolute atomic E-state index is 0.116. The van der Waals surface area contributed by atoms with E-state index in [1.54, 1.807) is 17.0 Å². The summed E-state index contributed by atoms with van der Waals surface area (Å²) in [4.78, 5) is 14.7. The summed E-state index contributed by atoms with van der Waals surface area (Å²) < 4.78 is 10.8. The third-order valence-corrected chi connectivity index (χ3v) is 4.73. The molecule has 4 rings (SSSR count). The number of hydrogen-bond acceptors (Lipinski definition) is 3. The van der Waals surface area contributed by atoms with Gasteiger partial charge in [-0.3, -0.25) is 4.79 Å². The van der Waals surface area contributed by atoms with E-state index in [1.165, 1.54) is 6.26 Å². The lowest BCUT2D eigenvalue weighted by molar-refractivity contribution is 0.0954. The molecule has 26 heavy (non-hydrogen) atoms. The zero-order valence-corrected chi connectivity index (χ0v) is 14.5. The molecular weight excluding hydrogens is 326 g/mol. The molecule has 0 aliphatic carbocycles. The summed E-state index contributed by atoms with van der Waals surface area (Å²) in [7, 11) is 0. The molecule has 1 atom stereocenters. The van der Waals surface area contributed by atoms with Crippen molar-refractivity contribution >= 4 is 11.6 Å². The molecule has 1 aliphatic heterocycles. The first kappa shape index (κ1) is 16.6. The van der Waals surface area contributed by atoms with Gasteiger partial charge in [0.1, 0.15) is 0 Å². The fraction of sp³-hybridized carbons (Fsp3) is 0.227. The molecule has 132 valence electrons. The van der Waals surface area contributed by atoms with E-state index in [0.717, 1.165) is 29.8 Å². The lowest BCUT2D eigenvalue weighted by Gasteiger charge is -2.25. The number of carbonyl (C=O) groups is 1. The molecule has 2 heterocycles. The van der Waals surface area contributed by atoms with E-state index >= 15 is 0 Å². The van der Waals surface area contributed by atoms with Gasteiger partial charge in [-0.2, -0.15) is 0 Å². The predicted molar refractivity (Wildman–Crippen MR) is 101 cm³/mol. The molecule has 1 unspecified atom stereocenters. The van der Waals surface area contributed by atoms with Crippen LogP contribution in [0.4, 0.5) is 5.69 Å². The van der Waals surface area contributed by atoms with Gasteiger partial charge >= 0.3 is 0 Å². The first-order chi connectivity index (χ1) is 12.8. The SMILES string of the molecule is O=C(c1ccco1)N(CC1CCOC1)c1ccc(-c2ccccc2)cc1. The Bertz CT molecular complexity index is 835. The molecule has 1 aliphatic rings. The van der Waals surface area contributed by atoms with Crippen molar-refractivity contribution in [3.05, 3.63) is 78.8 Å². The summed E-state index contributed by atoms with van der Waals surface area (Å²) in [5.74, 6) is 0.591. The Morgan fingerprint density at radius 1 is 0.962 bits per heavy atom. The molecule has 0 N–H and O–H groups in total. The van der Waals surface area contributed by atoms with Gasteiger partial charge in [-0.05, 0) is 41.8 Å². The third-order valence-electron chi connectivity index (χ3n) is 4.73. The van der Waals surface area contributed by atoms with Crippen molar-refractivity contribution in [2.75, 3.05) is 24.7 Å². The van der Waals surface area contributed by atoms with Gasteiger partial charge < -0.3 is 14.1 Å². The molecule has 2 aromatic carbocycles. The van der Waals surface area contributed by atoms with E-state index in [2.05, 4.69) is 24.3 Å². The summed E-state index contributed by atoms with van der Waals surface area (Å²) >= 11 is 0. The molecule has 4 nitrogen and oxygen atoms in total. The predicted octanol–water partition coefficient (Wildman–Crippen LogP) is 4.63. The monoisotopic (exact) mass is 347 g/mol. The van der Waals surface area contributed by atoms with E-state index in [4.69, 9.17) is 9.15 Å². The normalized spacial score (nSPS) is 16.5. The van der Waals surface area contributed by atoms with Crippen LogP contribution in [0.1, 0.15) is 17.0 Å². The molecule has 1 saturated heterocycles. The Morgan fingerprint density at radius 3 is 2.38 bits per heavy atom. The molecule has 1 fully saturated rings. The average molecular weight is 347 g/mol. The van der Waals surface area contributed by atoms with Crippen LogP contribution in [0.15, 0.2) is 77.4 Å². The van der Waals surface area contributed by atoms with Gasteiger partial charge in [-0.1, -0.05) is 42.5 Å². The van der Waals surface area contributed by atoms with Gasteiger partial charge in [0.15, 0.2) is 5.76 Å². The van der Waals surface area contributed by atoms with E-state index < -0.39 is 0 Å². The number of benzene rings is 2. The quantitative estimate of drug-likeness (QED) is 0.676. The van der Waals surface area contributed by atoms with Gasteiger partial charge in [-0.15, -0.1) is 0 Å². The van der Waals surface area contributed by atoms with Crippen LogP contribution in [-0.4, -0.2) is 25.7 Å². The fourth-order valence-corrected chi connectivity index (χ4v) is 3.29. The molecule has 0 spiro atoms. The van der Waals surface area contributed by atoms with Crippen molar-refractivity contribution in [2.24, 2.45) is 5.92 Å². The Labute approximate surface area is 153 Å². The topological polar surface area (TPSA) is 42.7 Å². The van der Waals surface area contributed by atoms with Crippen LogP contribution < -0.4 is 4.90 Å². The Kier molecular flexibility index (Phi) is 4.84. The lowest BCUT2D eigenvalue weighted by Crippen LogP contribution is -2.35. The van der Waals surface area contributed by atoms with Crippen molar-refractivity contribution in [2.45, 2.75) is 6.42 Å². The standard InChI is InChI=1S/C22H21NO3/c24-22(21-7-4-13-26-21)23(15-17-12-14-25-16-17)20-10-8-19(9-11-20)18-5-2-1-3-6-18/h1-11,13,17H,12,14-16H2. The third kappa shape index (κ3) is 3.55. The molecule has 1 amide bonds. The number of amides is 1. The molecule has 4 heteroatoms. The maximum absolute atomic E-state index is 12.9. The number of carbonyl (C=O) groups excluding carboxylic acids is 1. The number of ether oxygens (including phenoxy) is 1. The highest BCUT2D eigenvalue weighted by Crippen LogP contribution is 2.26. The highest BCUT2D eigenvalue weighted by Gasteiger charge is 2.26. The summed E-state index contributed by atoms with van der Waals surface area (Å²) in [6.07, 6.45) is 2.51. The van der Waals surface area contributed by atoms with Crippen LogP contribution in [-0.2, 0) is 4.74 Å². The summed E-state index contributed by atoms with van der Waals surface area (Å²) in [6.45, 7) is 2.09. The van der Waals surface area contributed by atoms with Crippen LogP contribution >= 0.6 is 0 Å². The van der Waals surface area contributed by atoms with Crippen LogP contribution in [0.25, 0.3) is 11.1 Å². The smallest absolute Gasteiger partial charge is 0.293 e. The van der Waals surface area contributed by atoms with Crippen molar-refractivity contribution in [1.29, 1.82) is 0 Å². The van der Waals surface area contributed by atoms with E-state index in [1.807, 2.05) is 30.3 Å². The molecule has 0 bridgehead atoms. The number of nitrogens with zero attached hydrogens (tertiary/aromatic N) is 1. The Hall–Kier alpha value is -2.85. The zero-order chi connectivity index (χ0) is 17.8. The van der Waals surface area contributed by atoms with Gasteiger partial charge in [-0.25, -0.2) is 0 Å². The summed E-state index contributed by atoms with van der Waals surface area (Å²) in [5, 5.41) is 0. The second-order valence-electron chi connectivity index (χ2n) is 6.54. The first-order valence-electron chi connectivity index (χ1n) is 8.90. The van der Waals surface area contributed by atoms with Gasteiger partial charge in [0.05, 0.1) is 12.9 Å². The Balaban J connectivity index is 1.61. The summed E-state index contributed by atoms with van der Waals surface area (Å²) in [6, 6.07) is 21.8. The largest absolute Gasteiger partial charge is 0.459 e. The fourth-order valence-electron chi connectivity index (χ4n) is 3.29. The van der Waals surface area contributed by atoms with Gasteiger partial charge in [0.25, 0.3) is 5.91 Å². The number of anilines is 1. The van der Waals surface area contributed by atoms with Gasteiger partial charge in [0, 0.05) is 24.8 Å². The molecule has 0 radical (unpaired) electrons. The molecular formula is C22H21NO3. The highest BCUT2D eigenvalue weighted by molar-refractivity contribution is 6.04. The maximum Gasteiger partial charge on any atom is 0.293 e. The van der Waals surface area contributed by atoms with Crippen LogP contribution in [0.5, 0.6) is 0 Å². The van der Waals surface area contributed by atoms with Crippen molar-refractivity contribution in [1.82, 2.24) is 0 Å². The zero-order valence-electron chi connectivity index (χ0n) is 14.5. The Morgan fingerprint density at radius 2 is 1.73 bits per heavy atom.